The van der Waals surface area contributed by atoms with Crippen LogP contribution in [0.15, 0.2) is 0 Å². The number of nitrogens with zero attached hydrogens (tertiary/aromatic N) is 1. The second-order valence-corrected chi connectivity index (χ2v) is 7.14. The van der Waals surface area contributed by atoms with Crippen LogP contribution >= 0.6 is 0 Å². The molecule has 1 unspecified atom stereocenters. The average molecular weight is 285 g/mol. The van der Waals surface area contributed by atoms with Gasteiger partial charge >= 0.3 is 6.09 Å². The van der Waals surface area contributed by atoms with Crippen molar-refractivity contribution in [1.82, 2.24) is 10.2 Å². The molecule has 1 saturated heterocycles. The van der Waals surface area contributed by atoms with Crippen molar-refractivity contribution < 1.29 is 9.53 Å². The molecule has 0 aromatic heterocycles. The summed E-state index contributed by atoms with van der Waals surface area (Å²) in [6, 6.07) is 0. The number of amides is 1. The molecule has 0 spiro atoms. The van der Waals surface area contributed by atoms with Gasteiger partial charge in [0.05, 0.1) is 0 Å². The number of carbonyl (C=O) groups is 1. The zero-order valence-corrected chi connectivity index (χ0v) is 13.5. The van der Waals surface area contributed by atoms with E-state index in [4.69, 9.17) is 10.5 Å². The van der Waals surface area contributed by atoms with Crippen LogP contribution in [0.25, 0.3) is 0 Å². The summed E-state index contributed by atoms with van der Waals surface area (Å²) in [6.07, 6.45) is 2.98. The van der Waals surface area contributed by atoms with E-state index in [1.54, 1.807) is 0 Å². The Hall–Kier alpha value is -0.810. The first-order chi connectivity index (χ1) is 9.26. The molecule has 1 fully saturated rings. The van der Waals surface area contributed by atoms with Crippen LogP contribution in [0, 0.1) is 5.41 Å². The van der Waals surface area contributed by atoms with Crippen LogP contribution in [-0.4, -0.2) is 49.3 Å². The fourth-order valence-corrected chi connectivity index (χ4v) is 2.56. The number of nitrogens with one attached hydrogen (secondary N) is 1. The molecule has 0 bridgehead atoms. The van der Waals surface area contributed by atoms with E-state index in [1.807, 2.05) is 25.7 Å². The Balaban J connectivity index is 2.46. The molecule has 1 amide bonds. The number of likely N-dealkylation sites (tertiary alicyclic amines) is 1. The van der Waals surface area contributed by atoms with Crippen molar-refractivity contribution in [2.24, 2.45) is 11.1 Å². The Labute approximate surface area is 123 Å². The van der Waals surface area contributed by atoms with Gasteiger partial charge in [0.1, 0.15) is 5.60 Å². The summed E-state index contributed by atoms with van der Waals surface area (Å²) in [5.41, 5.74) is 5.19. The molecule has 1 rings (SSSR count). The Morgan fingerprint density at radius 3 is 2.75 bits per heavy atom. The lowest BCUT2D eigenvalue weighted by Gasteiger charge is -2.41. The summed E-state index contributed by atoms with van der Waals surface area (Å²) in [6.45, 7) is 12.1. The summed E-state index contributed by atoms with van der Waals surface area (Å²) in [5.74, 6) is 0. The van der Waals surface area contributed by atoms with Gasteiger partial charge in [-0.3, -0.25) is 0 Å². The van der Waals surface area contributed by atoms with Gasteiger partial charge in [-0.25, -0.2) is 4.79 Å². The maximum atomic E-state index is 12.1. The Morgan fingerprint density at radius 2 is 2.15 bits per heavy atom. The third-order valence-corrected chi connectivity index (χ3v) is 3.54. The Morgan fingerprint density at radius 1 is 1.45 bits per heavy atom. The number of carbonyl (C=O) groups excluding carboxylic acids is 1. The lowest BCUT2D eigenvalue weighted by Crippen LogP contribution is -2.50. The molecule has 20 heavy (non-hydrogen) atoms. The molecule has 0 aromatic carbocycles. The normalized spacial score (nSPS) is 23.8. The molecule has 3 N–H and O–H groups in total. The molecule has 5 nitrogen and oxygen atoms in total. The lowest BCUT2D eigenvalue weighted by molar-refractivity contribution is 0.00682. The van der Waals surface area contributed by atoms with Crippen molar-refractivity contribution in [3.05, 3.63) is 0 Å². The van der Waals surface area contributed by atoms with Crippen LogP contribution in [-0.2, 0) is 4.74 Å². The Bertz CT molecular complexity index is 315. The van der Waals surface area contributed by atoms with Crippen molar-refractivity contribution >= 4 is 6.09 Å². The first kappa shape index (κ1) is 17.2. The smallest absolute Gasteiger partial charge is 0.410 e. The van der Waals surface area contributed by atoms with Gasteiger partial charge < -0.3 is 20.7 Å². The van der Waals surface area contributed by atoms with Gasteiger partial charge in [-0.1, -0.05) is 6.92 Å². The summed E-state index contributed by atoms with van der Waals surface area (Å²) in [4.78, 5) is 14.0. The molecule has 0 radical (unpaired) electrons. The van der Waals surface area contributed by atoms with Crippen molar-refractivity contribution in [3.8, 4) is 0 Å². The third kappa shape index (κ3) is 6.09. The van der Waals surface area contributed by atoms with E-state index < -0.39 is 5.60 Å². The first-order valence-electron chi connectivity index (χ1n) is 7.64. The highest BCUT2D eigenvalue weighted by Gasteiger charge is 2.34. The predicted octanol–water partition coefficient (Wildman–Crippen LogP) is 1.96. The average Bonchev–Trinajstić information content (AvgIpc) is 2.33. The monoisotopic (exact) mass is 285 g/mol. The highest BCUT2D eigenvalue weighted by molar-refractivity contribution is 5.68. The van der Waals surface area contributed by atoms with E-state index in [0.717, 1.165) is 45.4 Å². The van der Waals surface area contributed by atoms with Gasteiger partial charge in [-0.2, -0.15) is 0 Å². The van der Waals surface area contributed by atoms with Crippen LogP contribution in [0.2, 0.25) is 0 Å². The van der Waals surface area contributed by atoms with Crippen LogP contribution in [0.3, 0.4) is 0 Å². The van der Waals surface area contributed by atoms with Crippen LogP contribution in [0.4, 0.5) is 4.79 Å². The molecule has 118 valence electrons. The second-order valence-electron chi connectivity index (χ2n) is 7.14. The minimum absolute atomic E-state index is 0.129. The summed E-state index contributed by atoms with van der Waals surface area (Å²) in [7, 11) is 0. The van der Waals surface area contributed by atoms with Crippen molar-refractivity contribution in [2.45, 2.75) is 52.6 Å². The first-order valence-corrected chi connectivity index (χ1v) is 7.64. The second kappa shape index (κ2) is 7.27. The molecule has 1 atom stereocenters. The molecule has 0 aliphatic carbocycles. The topological polar surface area (TPSA) is 67.6 Å². The number of ether oxygens (including phenoxy) is 1. The zero-order chi connectivity index (χ0) is 15.2. The van der Waals surface area contributed by atoms with Gasteiger partial charge in [0.15, 0.2) is 0 Å². The Kier molecular flexibility index (Phi) is 6.27. The third-order valence-electron chi connectivity index (χ3n) is 3.54. The van der Waals surface area contributed by atoms with E-state index in [9.17, 15) is 4.79 Å². The highest BCUT2D eigenvalue weighted by atomic mass is 16.6. The van der Waals surface area contributed by atoms with Gasteiger partial charge in [0, 0.05) is 19.6 Å². The lowest BCUT2D eigenvalue weighted by atomic mass is 9.82. The summed E-state index contributed by atoms with van der Waals surface area (Å²) in [5, 5.41) is 3.45. The number of hydrogen-bond acceptors (Lipinski definition) is 4. The fraction of sp³-hybridized carbons (Fsp3) is 0.933. The minimum atomic E-state index is -0.426. The van der Waals surface area contributed by atoms with E-state index in [-0.39, 0.29) is 11.5 Å². The molecule has 1 aliphatic rings. The van der Waals surface area contributed by atoms with Gasteiger partial charge in [0.2, 0.25) is 0 Å². The number of hydrogen-bond donors (Lipinski definition) is 2. The molecule has 5 heteroatoms. The van der Waals surface area contributed by atoms with Gasteiger partial charge in [-0.05, 0) is 58.5 Å². The molecular formula is C15H31N3O2. The molecule has 0 aromatic rings. The van der Waals surface area contributed by atoms with Crippen LogP contribution in [0.1, 0.15) is 47.0 Å². The van der Waals surface area contributed by atoms with Crippen LogP contribution in [0.5, 0.6) is 0 Å². The summed E-state index contributed by atoms with van der Waals surface area (Å²) >= 11 is 0. The largest absolute Gasteiger partial charge is 0.444 e. The number of piperidine rings is 1. The molecule has 0 saturated carbocycles. The van der Waals surface area contributed by atoms with Crippen molar-refractivity contribution in [2.75, 3.05) is 32.7 Å². The highest BCUT2D eigenvalue weighted by Crippen LogP contribution is 2.29. The molecule has 1 heterocycles. The molecular weight excluding hydrogens is 254 g/mol. The fourth-order valence-electron chi connectivity index (χ4n) is 2.56. The van der Waals surface area contributed by atoms with Gasteiger partial charge in [-0.15, -0.1) is 0 Å². The van der Waals surface area contributed by atoms with Crippen molar-refractivity contribution in [1.29, 1.82) is 0 Å². The van der Waals surface area contributed by atoms with Crippen molar-refractivity contribution in [3.63, 3.8) is 0 Å². The van der Waals surface area contributed by atoms with Gasteiger partial charge in [0.25, 0.3) is 0 Å². The summed E-state index contributed by atoms with van der Waals surface area (Å²) < 4.78 is 5.46. The van der Waals surface area contributed by atoms with E-state index >= 15 is 0 Å². The minimum Gasteiger partial charge on any atom is -0.444 e. The quantitative estimate of drug-likeness (QED) is 0.758. The SMILES string of the molecule is CC1(CNCCCN)CCCN(C(=O)OC(C)(C)C)C1. The standard InChI is InChI=1S/C15H31N3O2/c1-14(2,3)20-13(19)18-10-5-7-15(4,12-18)11-17-9-6-8-16/h17H,5-12,16H2,1-4H3. The predicted molar refractivity (Wildman–Crippen MR) is 81.7 cm³/mol. The van der Waals surface area contributed by atoms with Crippen LogP contribution < -0.4 is 11.1 Å². The zero-order valence-electron chi connectivity index (χ0n) is 13.5. The maximum absolute atomic E-state index is 12.1. The van der Waals surface area contributed by atoms with E-state index in [1.165, 1.54) is 0 Å². The van der Waals surface area contributed by atoms with E-state index in [0.29, 0.717) is 6.54 Å². The number of nitrogens with two attached hydrogens (primary N) is 1. The maximum Gasteiger partial charge on any atom is 0.410 e. The molecule has 1 aliphatic heterocycles. The number of rotatable bonds is 5. The van der Waals surface area contributed by atoms with E-state index in [2.05, 4.69) is 12.2 Å².